The number of ether oxygens (including phenoxy) is 1. The Morgan fingerprint density at radius 2 is 2.03 bits per heavy atom. The van der Waals surface area contributed by atoms with Crippen LogP contribution in [0.5, 0.6) is 5.75 Å². The third-order valence-corrected chi connectivity index (χ3v) is 5.53. The predicted octanol–water partition coefficient (Wildman–Crippen LogP) is 4.53. The van der Waals surface area contributed by atoms with Crippen molar-refractivity contribution in [2.45, 2.75) is 45.6 Å². The molecular weight excluding hydrogens is 369 g/mol. The molecule has 0 radical (unpaired) electrons. The molecular formula is C24H24FNO3. The van der Waals surface area contributed by atoms with Crippen molar-refractivity contribution in [2.24, 2.45) is 0 Å². The summed E-state index contributed by atoms with van der Waals surface area (Å²) in [7, 11) is 0. The first kappa shape index (κ1) is 19.4. The molecule has 0 saturated heterocycles. The van der Waals surface area contributed by atoms with Crippen LogP contribution in [0.2, 0.25) is 0 Å². The zero-order valence-electron chi connectivity index (χ0n) is 16.7. The molecule has 150 valence electrons. The lowest BCUT2D eigenvalue weighted by molar-refractivity contribution is -0.117. The summed E-state index contributed by atoms with van der Waals surface area (Å²) in [6.45, 7) is 3.82. The Bertz CT molecular complexity index is 1030. The normalized spacial score (nSPS) is 17.5. The number of Topliss-reactive ketones (excluding diaryl/α,β-unsaturated/α-hetero) is 1. The molecule has 1 amide bonds. The minimum atomic E-state index is -0.392. The van der Waals surface area contributed by atoms with Gasteiger partial charge in [-0.05, 0) is 68.5 Å². The number of rotatable bonds is 5. The molecule has 1 heterocycles. The van der Waals surface area contributed by atoms with Crippen molar-refractivity contribution in [3.63, 3.8) is 0 Å². The molecule has 2 aromatic carbocycles. The molecule has 0 bridgehead atoms. The zero-order chi connectivity index (χ0) is 20.5. The Morgan fingerprint density at radius 3 is 2.76 bits per heavy atom. The third kappa shape index (κ3) is 3.95. The van der Waals surface area contributed by atoms with Gasteiger partial charge in [-0.3, -0.25) is 9.59 Å². The first-order valence-electron chi connectivity index (χ1n) is 10.0. The highest BCUT2D eigenvalue weighted by Crippen LogP contribution is 2.41. The average Bonchev–Trinajstić information content (AvgIpc) is 3.35. The van der Waals surface area contributed by atoms with Crippen LogP contribution in [0.25, 0.3) is 11.1 Å². The second-order valence-corrected chi connectivity index (χ2v) is 7.83. The van der Waals surface area contributed by atoms with Gasteiger partial charge in [0.25, 0.3) is 0 Å². The minimum Gasteiger partial charge on any atom is -0.487 e. The van der Waals surface area contributed by atoms with E-state index in [-0.39, 0.29) is 17.8 Å². The average molecular weight is 393 g/mol. The molecule has 1 atom stereocenters. The van der Waals surface area contributed by atoms with E-state index in [1.165, 1.54) is 19.1 Å². The summed E-state index contributed by atoms with van der Waals surface area (Å²) < 4.78 is 20.7. The molecule has 1 unspecified atom stereocenters. The van der Waals surface area contributed by atoms with Crippen molar-refractivity contribution in [3.05, 3.63) is 64.5 Å². The van der Waals surface area contributed by atoms with Gasteiger partial charge in [-0.25, -0.2) is 4.39 Å². The Balaban J connectivity index is 1.58. The van der Waals surface area contributed by atoms with E-state index in [0.717, 1.165) is 36.0 Å². The van der Waals surface area contributed by atoms with Gasteiger partial charge >= 0.3 is 0 Å². The van der Waals surface area contributed by atoms with E-state index >= 15 is 0 Å². The second kappa shape index (κ2) is 7.82. The predicted molar refractivity (Wildman–Crippen MR) is 110 cm³/mol. The van der Waals surface area contributed by atoms with E-state index in [4.69, 9.17) is 4.74 Å². The molecule has 1 aliphatic carbocycles. The van der Waals surface area contributed by atoms with Gasteiger partial charge in [-0.2, -0.15) is 0 Å². The third-order valence-electron chi connectivity index (χ3n) is 5.53. The van der Waals surface area contributed by atoms with Crippen LogP contribution in [0, 0.1) is 12.7 Å². The Morgan fingerprint density at radius 1 is 1.21 bits per heavy atom. The Labute approximate surface area is 169 Å². The molecule has 0 fully saturated rings. The van der Waals surface area contributed by atoms with Gasteiger partial charge in [0, 0.05) is 28.7 Å². The van der Waals surface area contributed by atoms with Crippen LogP contribution >= 0.6 is 0 Å². The van der Waals surface area contributed by atoms with Crippen LogP contribution in [0.4, 0.5) is 4.39 Å². The molecule has 0 aromatic heterocycles. The lowest BCUT2D eigenvalue weighted by Gasteiger charge is -2.15. The number of benzene rings is 2. The van der Waals surface area contributed by atoms with Crippen molar-refractivity contribution in [2.75, 3.05) is 6.54 Å². The van der Waals surface area contributed by atoms with Gasteiger partial charge in [0.1, 0.15) is 17.7 Å². The van der Waals surface area contributed by atoms with E-state index in [2.05, 4.69) is 5.32 Å². The Hall–Kier alpha value is -2.95. The molecule has 0 saturated carbocycles. The van der Waals surface area contributed by atoms with Crippen LogP contribution in [0.3, 0.4) is 0 Å². The fraction of sp³-hybridized carbons (Fsp3) is 0.333. The molecule has 29 heavy (non-hydrogen) atoms. The Kier molecular flexibility index (Phi) is 5.22. The molecule has 5 heteroatoms. The number of nitrogens with one attached hydrogen (secondary N) is 1. The summed E-state index contributed by atoms with van der Waals surface area (Å²) >= 11 is 0. The first-order valence-corrected chi connectivity index (χ1v) is 10.0. The van der Waals surface area contributed by atoms with Crippen LogP contribution in [0.1, 0.15) is 47.7 Å². The number of ketones is 1. The SMILES string of the molecule is CC(=O)c1ccc(F)c(-c2cc(C)cc3c2OC(CNC(=O)C2=CCCC2)C3)c1. The van der Waals surface area contributed by atoms with Crippen molar-refractivity contribution in [3.8, 4) is 16.9 Å². The summed E-state index contributed by atoms with van der Waals surface area (Å²) in [5.74, 6) is 0.0998. The lowest BCUT2D eigenvalue weighted by Crippen LogP contribution is -2.35. The fourth-order valence-electron chi connectivity index (χ4n) is 4.05. The highest BCUT2D eigenvalue weighted by atomic mass is 19.1. The van der Waals surface area contributed by atoms with E-state index in [1.807, 2.05) is 25.1 Å². The largest absolute Gasteiger partial charge is 0.487 e. The number of carbonyl (C=O) groups excluding carboxylic acids is 2. The van der Waals surface area contributed by atoms with Gasteiger partial charge in [0.15, 0.2) is 5.78 Å². The number of aryl methyl sites for hydroxylation is 1. The van der Waals surface area contributed by atoms with E-state index < -0.39 is 5.82 Å². The standard InChI is InChI=1S/C24H24FNO3/c1-14-9-18-11-19(13-26-24(28)16-5-3-4-6-16)29-23(18)21(10-14)20-12-17(15(2)27)7-8-22(20)25/h5,7-10,12,19H,3-4,6,11,13H2,1-2H3,(H,26,28). The van der Waals surface area contributed by atoms with E-state index in [0.29, 0.717) is 35.4 Å². The highest BCUT2D eigenvalue weighted by Gasteiger charge is 2.28. The summed E-state index contributed by atoms with van der Waals surface area (Å²) in [6, 6.07) is 8.31. The molecule has 2 aliphatic rings. The number of halogens is 1. The zero-order valence-corrected chi connectivity index (χ0v) is 16.7. The van der Waals surface area contributed by atoms with E-state index in [1.54, 1.807) is 6.07 Å². The lowest BCUT2D eigenvalue weighted by atomic mass is 9.95. The number of fused-ring (bicyclic) bond motifs is 1. The van der Waals surface area contributed by atoms with Gasteiger partial charge < -0.3 is 10.1 Å². The molecule has 2 aromatic rings. The number of allylic oxidation sites excluding steroid dienone is 1. The minimum absolute atomic E-state index is 0.0290. The maximum absolute atomic E-state index is 14.6. The number of amides is 1. The fourth-order valence-corrected chi connectivity index (χ4v) is 4.05. The summed E-state index contributed by atoms with van der Waals surface area (Å²) in [5.41, 5.74) is 4.30. The topological polar surface area (TPSA) is 55.4 Å². The first-order chi connectivity index (χ1) is 13.9. The van der Waals surface area contributed by atoms with Gasteiger partial charge in [0.2, 0.25) is 5.91 Å². The molecule has 0 spiro atoms. The van der Waals surface area contributed by atoms with Crippen LogP contribution < -0.4 is 10.1 Å². The number of hydrogen-bond acceptors (Lipinski definition) is 3. The smallest absolute Gasteiger partial charge is 0.247 e. The summed E-state index contributed by atoms with van der Waals surface area (Å²) in [4.78, 5) is 24.0. The monoisotopic (exact) mass is 393 g/mol. The summed E-state index contributed by atoms with van der Waals surface area (Å²) in [6.07, 6.45) is 5.26. The van der Waals surface area contributed by atoms with Crippen LogP contribution in [0.15, 0.2) is 42.0 Å². The molecule has 4 rings (SSSR count). The number of hydrogen-bond donors (Lipinski definition) is 1. The van der Waals surface area contributed by atoms with Gasteiger partial charge in [-0.1, -0.05) is 12.1 Å². The quantitative estimate of drug-likeness (QED) is 0.759. The molecule has 1 N–H and O–H groups in total. The maximum Gasteiger partial charge on any atom is 0.247 e. The van der Waals surface area contributed by atoms with Crippen molar-refractivity contribution in [1.82, 2.24) is 5.32 Å². The van der Waals surface area contributed by atoms with Crippen LogP contribution in [-0.2, 0) is 11.2 Å². The van der Waals surface area contributed by atoms with Gasteiger partial charge in [-0.15, -0.1) is 0 Å². The van der Waals surface area contributed by atoms with Gasteiger partial charge in [0.05, 0.1) is 6.54 Å². The molecule has 1 aliphatic heterocycles. The molecule has 4 nitrogen and oxygen atoms in total. The van der Waals surface area contributed by atoms with Crippen molar-refractivity contribution < 1.29 is 18.7 Å². The highest BCUT2D eigenvalue weighted by molar-refractivity contribution is 5.96. The van der Waals surface area contributed by atoms with Crippen LogP contribution in [-0.4, -0.2) is 24.3 Å². The van der Waals surface area contributed by atoms with Crippen molar-refractivity contribution >= 4 is 11.7 Å². The second-order valence-electron chi connectivity index (χ2n) is 7.83. The number of carbonyl (C=O) groups is 2. The summed E-state index contributed by atoms with van der Waals surface area (Å²) in [5, 5.41) is 2.96. The maximum atomic E-state index is 14.6. The van der Waals surface area contributed by atoms with Crippen molar-refractivity contribution in [1.29, 1.82) is 0 Å². The van der Waals surface area contributed by atoms with E-state index in [9.17, 15) is 14.0 Å².